The van der Waals surface area contributed by atoms with Crippen LogP contribution in [0.1, 0.15) is 30.0 Å². The molecule has 0 spiro atoms. The third kappa shape index (κ3) is 3.28. The zero-order chi connectivity index (χ0) is 16.7. The summed E-state index contributed by atoms with van der Waals surface area (Å²) in [6.07, 6.45) is 4.10. The number of ether oxygens (including phenoxy) is 2. The third-order valence-corrected chi connectivity index (χ3v) is 6.74. The molecule has 0 amide bonds. The number of hydrogen-bond donors (Lipinski definition) is 0. The molecule has 1 saturated heterocycles. The van der Waals surface area contributed by atoms with Crippen molar-refractivity contribution < 1.29 is 17.9 Å². The molecule has 0 aromatic carbocycles. The highest BCUT2D eigenvalue weighted by molar-refractivity contribution is 7.89. The fourth-order valence-corrected chi connectivity index (χ4v) is 4.95. The highest BCUT2D eigenvalue weighted by atomic mass is 32.2. The summed E-state index contributed by atoms with van der Waals surface area (Å²) in [6, 6.07) is 1.97. The SMILES string of the molecule is O=c1cc2c(cn1C1CC1)CN(S(=O)(=O)CC1COCCO1)CC2. The molecule has 2 aliphatic heterocycles. The monoisotopic (exact) mass is 354 g/mol. The van der Waals surface area contributed by atoms with E-state index in [1.165, 1.54) is 4.31 Å². The molecule has 4 rings (SSSR count). The van der Waals surface area contributed by atoms with E-state index in [1.807, 2.05) is 6.20 Å². The molecule has 0 radical (unpaired) electrons. The van der Waals surface area contributed by atoms with E-state index in [0.717, 1.165) is 24.0 Å². The number of aromatic nitrogens is 1. The number of nitrogens with zero attached hydrogens (tertiary/aromatic N) is 2. The molecule has 1 aliphatic carbocycles. The number of fused-ring (bicyclic) bond motifs is 1. The van der Waals surface area contributed by atoms with E-state index < -0.39 is 16.1 Å². The van der Waals surface area contributed by atoms with Crippen molar-refractivity contribution in [2.45, 2.75) is 38.0 Å². The van der Waals surface area contributed by atoms with Crippen LogP contribution in [0.4, 0.5) is 0 Å². The fraction of sp³-hybridized carbons (Fsp3) is 0.688. The third-order valence-electron chi connectivity index (χ3n) is 4.85. The molecule has 2 fully saturated rings. The van der Waals surface area contributed by atoms with Crippen molar-refractivity contribution in [1.29, 1.82) is 0 Å². The number of sulfonamides is 1. The fourth-order valence-electron chi connectivity index (χ4n) is 3.37. The molecule has 3 heterocycles. The van der Waals surface area contributed by atoms with Crippen molar-refractivity contribution >= 4 is 10.0 Å². The Morgan fingerprint density at radius 1 is 1.21 bits per heavy atom. The van der Waals surface area contributed by atoms with Crippen LogP contribution >= 0.6 is 0 Å². The second-order valence-electron chi connectivity index (χ2n) is 6.73. The van der Waals surface area contributed by atoms with E-state index in [2.05, 4.69) is 0 Å². The standard InChI is InChI=1S/C16H22N2O5S/c19-16-7-12-3-4-17(8-13(12)9-18(16)14-1-2-14)24(20,21)11-15-10-22-5-6-23-15/h7,9,14-15H,1-6,8,10-11H2. The van der Waals surface area contributed by atoms with Crippen LogP contribution in [0.25, 0.3) is 0 Å². The quantitative estimate of drug-likeness (QED) is 0.776. The van der Waals surface area contributed by atoms with E-state index in [9.17, 15) is 13.2 Å². The Labute approximate surface area is 141 Å². The summed E-state index contributed by atoms with van der Waals surface area (Å²) >= 11 is 0. The molecule has 1 atom stereocenters. The summed E-state index contributed by atoms with van der Waals surface area (Å²) in [5.41, 5.74) is 1.94. The van der Waals surface area contributed by atoms with Crippen molar-refractivity contribution in [3.05, 3.63) is 33.7 Å². The van der Waals surface area contributed by atoms with Gasteiger partial charge in [0.05, 0.1) is 31.7 Å². The van der Waals surface area contributed by atoms with Crippen LogP contribution in [-0.4, -0.2) is 55.5 Å². The molecular weight excluding hydrogens is 332 g/mol. The van der Waals surface area contributed by atoms with E-state index >= 15 is 0 Å². The Morgan fingerprint density at radius 3 is 2.75 bits per heavy atom. The maximum absolute atomic E-state index is 12.7. The Kier molecular flexibility index (Phi) is 4.24. The smallest absolute Gasteiger partial charge is 0.251 e. The van der Waals surface area contributed by atoms with Gasteiger partial charge in [0, 0.05) is 31.4 Å². The van der Waals surface area contributed by atoms with Crippen LogP contribution in [0.15, 0.2) is 17.1 Å². The van der Waals surface area contributed by atoms with Gasteiger partial charge in [-0.3, -0.25) is 4.79 Å². The minimum atomic E-state index is -3.41. The Hall–Kier alpha value is -1.22. The maximum atomic E-state index is 12.7. The first kappa shape index (κ1) is 16.3. The average Bonchev–Trinajstić information content (AvgIpc) is 3.39. The first-order valence-corrected chi connectivity index (χ1v) is 10.0. The van der Waals surface area contributed by atoms with Gasteiger partial charge in [-0.15, -0.1) is 0 Å². The van der Waals surface area contributed by atoms with Crippen LogP contribution in [0.5, 0.6) is 0 Å². The summed E-state index contributed by atoms with van der Waals surface area (Å²) in [5, 5.41) is 0. The molecule has 1 unspecified atom stereocenters. The van der Waals surface area contributed by atoms with Gasteiger partial charge < -0.3 is 14.0 Å². The first-order chi connectivity index (χ1) is 11.5. The molecule has 132 valence electrons. The van der Waals surface area contributed by atoms with E-state index in [-0.39, 0.29) is 11.3 Å². The minimum absolute atomic E-state index is 0.0281. The Balaban J connectivity index is 1.52. The van der Waals surface area contributed by atoms with Gasteiger partial charge in [0.15, 0.2) is 0 Å². The molecule has 8 heteroatoms. The van der Waals surface area contributed by atoms with E-state index in [1.54, 1.807) is 10.6 Å². The number of hydrogen-bond acceptors (Lipinski definition) is 5. The number of rotatable bonds is 4. The molecule has 24 heavy (non-hydrogen) atoms. The molecule has 7 nitrogen and oxygen atoms in total. The van der Waals surface area contributed by atoms with Crippen molar-refractivity contribution in [2.24, 2.45) is 0 Å². The largest absolute Gasteiger partial charge is 0.376 e. The Morgan fingerprint density at radius 2 is 2.04 bits per heavy atom. The van der Waals surface area contributed by atoms with Gasteiger partial charge in [-0.2, -0.15) is 4.31 Å². The van der Waals surface area contributed by atoms with Crippen molar-refractivity contribution in [3.8, 4) is 0 Å². The lowest BCUT2D eigenvalue weighted by molar-refractivity contribution is -0.0785. The van der Waals surface area contributed by atoms with Crippen LogP contribution < -0.4 is 5.56 Å². The van der Waals surface area contributed by atoms with E-state index in [0.29, 0.717) is 45.4 Å². The Bertz CT molecular complexity index is 778. The minimum Gasteiger partial charge on any atom is -0.376 e. The zero-order valence-electron chi connectivity index (χ0n) is 13.5. The lowest BCUT2D eigenvalue weighted by Gasteiger charge is -2.30. The predicted molar refractivity (Wildman–Crippen MR) is 87.4 cm³/mol. The second-order valence-corrected chi connectivity index (χ2v) is 8.74. The second kappa shape index (κ2) is 6.25. The molecule has 1 aromatic rings. The number of pyridine rings is 1. The van der Waals surface area contributed by atoms with Crippen LogP contribution in [0.3, 0.4) is 0 Å². The van der Waals surface area contributed by atoms with Gasteiger partial charge in [-0.25, -0.2) is 8.42 Å². The summed E-state index contributed by atoms with van der Waals surface area (Å²) < 4.78 is 39.4. The van der Waals surface area contributed by atoms with Gasteiger partial charge >= 0.3 is 0 Å². The first-order valence-electron chi connectivity index (χ1n) is 8.44. The van der Waals surface area contributed by atoms with Gasteiger partial charge in [0.25, 0.3) is 5.56 Å². The predicted octanol–water partition coefficient (Wildman–Crippen LogP) is 0.287. The highest BCUT2D eigenvalue weighted by Gasteiger charge is 2.32. The zero-order valence-corrected chi connectivity index (χ0v) is 14.3. The molecule has 0 bridgehead atoms. The van der Waals surface area contributed by atoms with Crippen LogP contribution in [0, 0.1) is 0 Å². The summed E-state index contributed by atoms with van der Waals surface area (Å²) in [4.78, 5) is 12.1. The van der Waals surface area contributed by atoms with Crippen LogP contribution in [-0.2, 0) is 32.5 Å². The van der Waals surface area contributed by atoms with E-state index in [4.69, 9.17) is 9.47 Å². The van der Waals surface area contributed by atoms with Crippen molar-refractivity contribution in [1.82, 2.24) is 8.87 Å². The lowest BCUT2D eigenvalue weighted by Crippen LogP contribution is -2.43. The lowest BCUT2D eigenvalue weighted by atomic mass is 10.0. The highest BCUT2D eigenvalue weighted by Crippen LogP contribution is 2.34. The molecular formula is C16H22N2O5S. The molecule has 0 N–H and O–H groups in total. The summed E-state index contributed by atoms with van der Waals surface area (Å²) in [7, 11) is -3.41. The average molecular weight is 354 g/mol. The summed E-state index contributed by atoms with van der Waals surface area (Å²) in [5.74, 6) is -0.0510. The normalized spacial score (nSPS) is 25.4. The van der Waals surface area contributed by atoms with Gasteiger partial charge in [-0.1, -0.05) is 0 Å². The summed E-state index contributed by atoms with van der Waals surface area (Å²) in [6.45, 7) is 2.03. The van der Waals surface area contributed by atoms with Gasteiger partial charge in [0.1, 0.15) is 0 Å². The van der Waals surface area contributed by atoms with Crippen LogP contribution in [0.2, 0.25) is 0 Å². The maximum Gasteiger partial charge on any atom is 0.251 e. The molecule has 1 aromatic heterocycles. The van der Waals surface area contributed by atoms with Crippen molar-refractivity contribution in [2.75, 3.05) is 32.1 Å². The van der Waals surface area contributed by atoms with Gasteiger partial charge in [0.2, 0.25) is 10.0 Å². The molecule has 3 aliphatic rings. The topological polar surface area (TPSA) is 77.8 Å². The molecule has 1 saturated carbocycles. The van der Waals surface area contributed by atoms with Crippen molar-refractivity contribution in [3.63, 3.8) is 0 Å². The van der Waals surface area contributed by atoms with Gasteiger partial charge in [-0.05, 0) is 30.4 Å².